The number of benzene rings is 1. The Morgan fingerprint density at radius 3 is 2.96 bits per heavy atom. The van der Waals surface area contributed by atoms with Gasteiger partial charge in [-0.3, -0.25) is 14.3 Å². The fraction of sp³-hybridized carbons (Fsp3) is 0.294. The molecule has 0 fully saturated rings. The lowest BCUT2D eigenvalue weighted by Crippen LogP contribution is -2.28. The molecule has 0 atom stereocenters. The lowest BCUT2D eigenvalue weighted by Gasteiger charge is -2.19. The number of fused-ring (bicyclic) bond motifs is 2. The first kappa shape index (κ1) is 15.7. The Morgan fingerprint density at radius 1 is 1.25 bits per heavy atom. The summed E-state index contributed by atoms with van der Waals surface area (Å²) in [5.41, 5.74) is 1.71. The SMILES string of the molecule is O=c1c2sccc2nc2n1CCN(Cc1ccc(Cl)c(F)c1)CC2. The van der Waals surface area contributed by atoms with Crippen LogP contribution >= 0.6 is 22.9 Å². The molecule has 0 saturated heterocycles. The van der Waals surface area contributed by atoms with Crippen LogP contribution in [0.4, 0.5) is 4.39 Å². The second-order valence-corrected chi connectivity index (χ2v) is 7.22. The Balaban J connectivity index is 1.57. The third-order valence-electron chi connectivity index (χ3n) is 4.33. The number of aromatic nitrogens is 2. The van der Waals surface area contributed by atoms with Gasteiger partial charge in [-0.1, -0.05) is 17.7 Å². The highest BCUT2D eigenvalue weighted by Gasteiger charge is 2.18. The molecule has 2 aromatic heterocycles. The van der Waals surface area contributed by atoms with Crippen molar-refractivity contribution in [2.45, 2.75) is 19.5 Å². The molecule has 0 spiro atoms. The second kappa shape index (κ2) is 6.27. The van der Waals surface area contributed by atoms with Crippen molar-refractivity contribution in [2.24, 2.45) is 0 Å². The zero-order valence-electron chi connectivity index (χ0n) is 12.8. The summed E-state index contributed by atoms with van der Waals surface area (Å²) in [5.74, 6) is 0.432. The van der Waals surface area contributed by atoms with Gasteiger partial charge in [-0.15, -0.1) is 11.3 Å². The normalized spacial score (nSPS) is 15.4. The van der Waals surface area contributed by atoms with Gasteiger partial charge < -0.3 is 0 Å². The van der Waals surface area contributed by atoms with Gasteiger partial charge in [0.1, 0.15) is 16.3 Å². The van der Waals surface area contributed by atoms with Crippen LogP contribution in [-0.2, 0) is 19.5 Å². The summed E-state index contributed by atoms with van der Waals surface area (Å²) < 4.78 is 16.1. The molecule has 0 radical (unpaired) electrons. The molecule has 24 heavy (non-hydrogen) atoms. The zero-order valence-corrected chi connectivity index (χ0v) is 14.4. The summed E-state index contributed by atoms with van der Waals surface area (Å²) in [6.45, 7) is 2.75. The lowest BCUT2D eigenvalue weighted by molar-refractivity contribution is 0.271. The van der Waals surface area contributed by atoms with Crippen LogP contribution in [0.1, 0.15) is 11.4 Å². The monoisotopic (exact) mass is 363 g/mol. The Labute approximate surface area is 147 Å². The van der Waals surface area contributed by atoms with Crippen LogP contribution in [-0.4, -0.2) is 27.5 Å². The van der Waals surface area contributed by atoms with Crippen LogP contribution in [0.25, 0.3) is 10.2 Å². The van der Waals surface area contributed by atoms with Gasteiger partial charge in [0.05, 0.1) is 10.5 Å². The number of thiophene rings is 1. The van der Waals surface area contributed by atoms with E-state index in [-0.39, 0.29) is 10.6 Å². The number of nitrogens with zero attached hydrogens (tertiary/aromatic N) is 3. The maximum Gasteiger partial charge on any atom is 0.271 e. The molecule has 124 valence electrons. The van der Waals surface area contributed by atoms with Gasteiger partial charge in [-0.2, -0.15) is 0 Å². The summed E-state index contributed by atoms with van der Waals surface area (Å²) in [5, 5.41) is 2.04. The van der Waals surface area contributed by atoms with E-state index in [0.29, 0.717) is 24.2 Å². The predicted molar refractivity (Wildman–Crippen MR) is 94.3 cm³/mol. The molecule has 1 aliphatic heterocycles. The average Bonchev–Trinajstić information content (AvgIpc) is 2.94. The van der Waals surface area contributed by atoms with Crippen LogP contribution < -0.4 is 5.56 Å². The third kappa shape index (κ3) is 2.85. The molecule has 4 rings (SSSR count). The van der Waals surface area contributed by atoms with Gasteiger partial charge in [0.15, 0.2) is 0 Å². The Bertz CT molecular complexity index is 968. The smallest absolute Gasteiger partial charge is 0.271 e. The van der Waals surface area contributed by atoms with Crippen LogP contribution in [0.2, 0.25) is 5.02 Å². The summed E-state index contributed by atoms with van der Waals surface area (Å²) in [6.07, 6.45) is 0.705. The van der Waals surface area contributed by atoms with E-state index in [4.69, 9.17) is 11.6 Å². The van der Waals surface area contributed by atoms with Crippen molar-refractivity contribution >= 4 is 33.2 Å². The first-order valence-electron chi connectivity index (χ1n) is 7.75. The quantitative estimate of drug-likeness (QED) is 0.701. The number of hydrogen-bond donors (Lipinski definition) is 0. The Hall–Kier alpha value is -1.76. The largest absolute Gasteiger partial charge is 0.297 e. The topological polar surface area (TPSA) is 38.1 Å². The van der Waals surface area contributed by atoms with E-state index in [0.717, 1.165) is 30.0 Å². The molecule has 0 aliphatic carbocycles. The van der Waals surface area contributed by atoms with E-state index in [1.54, 1.807) is 10.6 Å². The summed E-state index contributed by atoms with van der Waals surface area (Å²) in [6, 6.07) is 6.78. The maximum atomic E-state index is 13.6. The molecular weight excluding hydrogens is 349 g/mol. The highest BCUT2D eigenvalue weighted by molar-refractivity contribution is 7.17. The van der Waals surface area contributed by atoms with E-state index in [9.17, 15) is 9.18 Å². The van der Waals surface area contributed by atoms with Crippen LogP contribution in [0.5, 0.6) is 0 Å². The van der Waals surface area contributed by atoms with Crippen LogP contribution in [0, 0.1) is 5.82 Å². The molecule has 3 heterocycles. The van der Waals surface area contributed by atoms with E-state index in [1.165, 1.54) is 17.4 Å². The zero-order chi connectivity index (χ0) is 16.7. The minimum absolute atomic E-state index is 0.0457. The highest BCUT2D eigenvalue weighted by Crippen LogP contribution is 2.19. The fourth-order valence-corrected chi connectivity index (χ4v) is 3.97. The standard InChI is InChI=1S/C17H15ClFN3OS/c18-12-2-1-11(9-13(12)19)10-21-5-3-15-20-14-4-8-24-16(14)17(23)22(15)7-6-21/h1-2,4,8-9H,3,5-7,10H2. The predicted octanol–water partition coefficient (Wildman–Crippen LogP) is 3.31. The fourth-order valence-electron chi connectivity index (χ4n) is 3.08. The average molecular weight is 364 g/mol. The van der Waals surface area contributed by atoms with Crippen molar-refractivity contribution in [3.8, 4) is 0 Å². The maximum absolute atomic E-state index is 13.6. The Morgan fingerprint density at radius 2 is 2.12 bits per heavy atom. The van der Waals surface area contributed by atoms with Gasteiger partial charge >= 0.3 is 0 Å². The number of halogens is 2. The molecule has 7 heteroatoms. The minimum atomic E-state index is -0.398. The molecule has 0 bridgehead atoms. The molecule has 3 aromatic rings. The van der Waals surface area contributed by atoms with E-state index in [1.807, 2.05) is 17.5 Å². The van der Waals surface area contributed by atoms with Crippen molar-refractivity contribution in [3.05, 3.63) is 62.2 Å². The van der Waals surface area contributed by atoms with E-state index >= 15 is 0 Å². The van der Waals surface area contributed by atoms with Gasteiger partial charge in [0.25, 0.3) is 5.56 Å². The molecule has 1 aromatic carbocycles. The summed E-state index contributed by atoms with van der Waals surface area (Å²) in [4.78, 5) is 19.4. The van der Waals surface area contributed by atoms with E-state index in [2.05, 4.69) is 9.88 Å². The van der Waals surface area contributed by atoms with Crippen molar-refractivity contribution in [1.29, 1.82) is 0 Å². The number of rotatable bonds is 2. The molecule has 0 N–H and O–H groups in total. The summed E-state index contributed by atoms with van der Waals surface area (Å²) >= 11 is 7.17. The second-order valence-electron chi connectivity index (χ2n) is 5.89. The van der Waals surface area contributed by atoms with Gasteiger partial charge in [-0.05, 0) is 29.1 Å². The van der Waals surface area contributed by atoms with Crippen molar-refractivity contribution in [1.82, 2.24) is 14.5 Å². The minimum Gasteiger partial charge on any atom is -0.297 e. The molecule has 0 amide bonds. The van der Waals surface area contributed by atoms with Crippen molar-refractivity contribution in [3.63, 3.8) is 0 Å². The lowest BCUT2D eigenvalue weighted by atomic mass is 10.2. The molecule has 4 nitrogen and oxygen atoms in total. The van der Waals surface area contributed by atoms with E-state index < -0.39 is 5.82 Å². The Kier molecular flexibility index (Phi) is 4.12. The highest BCUT2D eigenvalue weighted by atomic mass is 35.5. The molecule has 1 aliphatic rings. The van der Waals surface area contributed by atoms with Crippen molar-refractivity contribution < 1.29 is 4.39 Å². The summed E-state index contributed by atoms with van der Waals surface area (Å²) in [7, 11) is 0. The van der Waals surface area contributed by atoms with Gasteiger partial charge in [0, 0.05) is 32.6 Å². The molecular formula is C17H15ClFN3OS. The van der Waals surface area contributed by atoms with Crippen molar-refractivity contribution in [2.75, 3.05) is 13.1 Å². The molecule has 0 saturated carbocycles. The number of hydrogen-bond acceptors (Lipinski definition) is 4. The third-order valence-corrected chi connectivity index (χ3v) is 5.52. The first-order valence-corrected chi connectivity index (χ1v) is 9.01. The first-order chi connectivity index (χ1) is 11.6. The van der Waals surface area contributed by atoms with Gasteiger partial charge in [0.2, 0.25) is 0 Å². The van der Waals surface area contributed by atoms with Crippen LogP contribution in [0.3, 0.4) is 0 Å². The van der Waals surface area contributed by atoms with Gasteiger partial charge in [-0.25, -0.2) is 9.37 Å². The van der Waals surface area contributed by atoms with Crippen LogP contribution in [0.15, 0.2) is 34.4 Å². The molecule has 0 unspecified atom stereocenters.